The lowest BCUT2D eigenvalue weighted by Crippen LogP contribution is -2.49. The molecule has 114 valence electrons. The molecule has 21 heavy (non-hydrogen) atoms. The third kappa shape index (κ3) is 3.26. The Balaban J connectivity index is 1.52. The first-order valence-electron chi connectivity index (χ1n) is 8.00. The van der Waals surface area contributed by atoms with E-state index in [4.69, 9.17) is 4.74 Å². The van der Waals surface area contributed by atoms with Crippen molar-refractivity contribution in [2.24, 2.45) is 5.92 Å². The van der Waals surface area contributed by atoms with Crippen LogP contribution < -0.4 is 0 Å². The summed E-state index contributed by atoms with van der Waals surface area (Å²) in [5.41, 5.74) is 0.740. The quantitative estimate of drug-likeness (QED) is 0.858. The van der Waals surface area contributed by atoms with E-state index < -0.39 is 5.60 Å². The molecule has 0 spiro atoms. The fourth-order valence-corrected chi connectivity index (χ4v) is 3.47. The number of piperidine rings is 1. The number of carbonyl (C=O) groups is 1. The maximum atomic E-state index is 12.6. The highest BCUT2D eigenvalue weighted by atomic mass is 16.5. The van der Waals surface area contributed by atoms with Crippen molar-refractivity contribution in [2.75, 3.05) is 19.7 Å². The van der Waals surface area contributed by atoms with Gasteiger partial charge in [-0.15, -0.1) is 0 Å². The number of likely N-dealkylation sites (tertiary alicyclic amines) is 1. The van der Waals surface area contributed by atoms with Crippen LogP contribution in [0.25, 0.3) is 0 Å². The zero-order valence-corrected chi connectivity index (χ0v) is 12.8. The first-order valence-corrected chi connectivity index (χ1v) is 8.00. The van der Waals surface area contributed by atoms with Crippen LogP contribution in [0.3, 0.4) is 0 Å². The zero-order valence-electron chi connectivity index (χ0n) is 12.8. The van der Waals surface area contributed by atoms with E-state index in [1.54, 1.807) is 0 Å². The number of hydrogen-bond donors (Lipinski definition) is 0. The van der Waals surface area contributed by atoms with Gasteiger partial charge in [0.25, 0.3) is 5.91 Å². The van der Waals surface area contributed by atoms with E-state index in [9.17, 15) is 4.79 Å². The van der Waals surface area contributed by atoms with Crippen molar-refractivity contribution >= 4 is 5.91 Å². The Hall–Kier alpha value is -1.42. The highest BCUT2D eigenvalue weighted by Gasteiger charge is 2.41. The molecule has 1 atom stereocenters. The van der Waals surface area contributed by atoms with Crippen LogP contribution in [0.2, 0.25) is 0 Å². The van der Waals surface area contributed by atoms with Gasteiger partial charge in [0.1, 0.15) is 5.60 Å². The third-order valence-corrected chi connectivity index (χ3v) is 4.82. The van der Waals surface area contributed by atoms with E-state index in [0.717, 1.165) is 51.8 Å². The number of rotatable bonds is 3. The Morgan fingerprint density at radius 3 is 2.90 bits per heavy atom. The summed E-state index contributed by atoms with van der Waals surface area (Å²) in [5.74, 6) is 0.857. The second-order valence-electron chi connectivity index (χ2n) is 6.48. The predicted molar refractivity (Wildman–Crippen MR) is 80.8 cm³/mol. The monoisotopic (exact) mass is 288 g/mol. The van der Waals surface area contributed by atoms with Crippen LogP contribution in [0.5, 0.6) is 0 Å². The first kappa shape index (κ1) is 14.5. The van der Waals surface area contributed by atoms with Gasteiger partial charge in [-0.1, -0.05) is 6.07 Å². The summed E-state index contributed by atoms with van der Waals surface area (Å²) < 4.78 is 5.68. The van der Waals surface area contributed by atoms with Crippen LogP contribution in [0.15, 0.2) is 24.5 Å². The molecule has 0 aromatic carbocycles. The molecule has 4 heteroatoms. The molecular formula is C17H24N2O2. The molecule has 2 fully saturated rings. The minimum atomic E-state index is -0.559. The van der Waals surface area contributed by atoms with Gasteiger partial charge in [-0.3, -0.25) is 9.78 Å². The van der Waals surface area contributed by atoms with Gasteiger partial charge in [0.05, 0.1) is 0 Å². The summed E-state index contributed by atoms with van der Waals surface area (Å²) in [6, 6.07) is 4.13. The van der Waals surface area contributed by atoms with Gasteiger partial charge < -0.3 is 9.64 Å². The Kier molecular flexibility index (Phi) is 4.24. The topological polar surface area (TPSA) is 42.4 Å². The summed E-state index contributed by atoms with van der Waals surface area (Å²) in [6.07, 6.45) is 8.86. The van der Waals surface area contributed by atoms with E-state index >= 15 is 0 Å². The van der Waals surface area contributed by atoms with Crippen LogP contribution in [-0.2, 0) is 16.0 Å². The molecule has 1 amide bonds. The van der Waals surface area contributed by atoms with E-state index in [0.29, 0.717) is 5.92 Å². The summed E-state index contributed by atoms with van der Waals surface area (Å²) in [4.78, 5) is 18.8. The van der Waals surface area contributed by atoms with Crippen LogP contribution in [0.4, 0.5) is 0 Å². The van der Waals surface area contributed by atoms with E-state index in [-0.39, 0.29) is 5.91 Å². The molecule has 0 aliphatic carbocycles. The smallest absolute Gasteiger partial charge is 0.254 e. The van der Waals surface area contributed by atoms with Crippen molar-refractivity contribution in [3.8, 4) is 0 Å². The van der Waals surface area contributed by atoms with Crippen LogP contribution in [0, 0.1) is 5.92 Å². The number of pyridine rings is 1. The Morgan fingerprint density at radius 1 is 1.48 bits per heavy atom. The maximum Gasteiger partial charge on any atom is 0.254 e. The van der Waals surface area contributed by atoms with Crippen molar-refractivity contribution in [2.45, 2.75) is 44.6 Å². The zero-order chi connectivity index (χ0) is 14.7. The van der Waals surface area contributed by atoms with Crippen molar-refractivity contribution in [1.29, 1.82) is 0 Å². The molecule has 0 radical (unpaired) electrons. The van der Waals surface area contributed by atoms with E-state index in [1.807, 2.05) is 30.3 Å². The SMILES string of the molecule is C[C@@]1(C(=O)N2CCC(Cc3cccnc3)CC2)CCCO1. The lowest BCUT2D eigenvalue weighted by Gasteiger charge is -2.36. The van der Waals surface area contributed by atoms with Crippen molar-refractivity contribution in [3.05, 3.63) is 30.1 Å². The number of ether oxygens (including phenoxy) is 1. The van der Waals surface area contributed by atoms with Crippen LogP contribution in [-0.4, -0.2) is 41.1 Å². The highest BCUT2D eigenvalue weighted by molar-refractivity contribution is 5.85. The molecule has 2 saturated heterocycles. The lowest BCUT2D eigenvalue weighted by molar-refractivity contribution is -0.152. The fourth-order valence-electron chi connectivity index (χ4n) is 3.47. The molecule has 0 N–H and O–H groups in total. The van der Waals surface area contributed by atoms with Crippen molar-refractivity contribution in [1.82, 2.24) is 9.88 Å². The normalized spacial score (nSPS) is 27.0. The molecule has 2 aliphatic rings. The summed E-state index contributed by atoms with van der Waals surface area (Å²) >= 11 is 0. The Morgan fingerprint density at radius 2 is 2.29 bits per heavy atom. The molecule has 3 heterocycles. The minimum absolute atomic E-state index is 0.194. The Bertz CT molecular complexity index is 475. The molecule has 1 aromatic heterocycles. The number of hydrogen-bond acceptors (Lipinski definition) is 3. The standard InChI is InChI=1S/C17H24N2O2/c1-17(7-3-11-21-17)16(20)19-9-5-14(6-10-19)12-15-4-2-8-18-13-15/h2,4,8,13-14H,3,5-7,9-12H2,1H3/t17-/m0/s1. The van der Waals surface area contributed by atoms with Crippen molar-refractivity contribution < 1.29 is 9.53 Å². The average molecular weight is 288 g/mol. The molecule has 1 aromatic rings. The minimum Gasteiger partial charge on any atom is -0.365 e. The molecule has 4 nitrogen and oxygen atoms in total. The Labute approximate surface area is 126 Å². The largest absolute Gasteiger partial charge is 0.365 e. The van der Waals surface area contributed by atoms with E-state index in [1.165, 1.54) is 5.56 Å². The summed E-state index contributed by atoms with van der Waals surface area (Å²) in [7, 11) is 0. The number of amides is 1. The number of carbonyl (C=O) groups excluding carboxylic acids is 1. The highest BCUT2D eigenvalue weighted by Crippen LogP contribution is 2.30. The first-order chi connectivity index (χ1) is 10.2. The summed E-state index contributed by atoms with van der Waals surface area (Å²) in [6.45, 7) is 4.40. The van der Waals surface area contributed by atoms with Crippen molar-refractivity contribution in [3.63, 3.8) is 0 Å². The predicted octanol–water partition coefficient (Wildman–Crippen LogP) is 2.43. The molecular weight excluding hydrogens is 264 g/mol. The van der Waals surface area contributed by atoms with Crippen LogP contribution >= 0.6 is 0 Å². The maximum absolute atomic E-state index is 12.6. The molecule has 0 unspecified atom stereocenters. The van der Waals surface area contributed by atoms with Gasteiger partial charge in [0.15, 0.2) is 0 Å². The third-order valence-electron chi connectivity index (χ3n) is 4.82. The lowest BCUT2D eigenvalue weighted by atomic mass is 9.89. The average Bonchev–Trinajstić information content (AvgIpc) is 2.96. The van der Waals surface area contributed by atoms with Gasteiger partial charge >= 0.3 is 0 Å². The number of nitrogens with zero attached hydrogens (tertiary/aromatic N) is 2. The molecule has 3 rings (SSSR count). The molecule has 0 saturated carbocycles. The second-order valence-corrected chi connectivity index (χ2v) is 6.48. The van der Waals surface area contributed by atoms with E-state index in [2.05, 4.69) is 11.1 Å². The van der Waals surface area contributed by atoms with Gasteiger partial charge in [0.2, 0.25) is 0 Å². The second kappa shape index (κ2) is 6.14. The summed E-state index contributed by atoms with van der Waals surface area (Å²) in [5, 5.41) is 0. The van der Waals surface area contributed by atoms with Crippen LogP contribution in [0.1, 0.15) is 38.2 Å². The van der Waals surface area contributed by atoms with Gasteiger partial charge in [-0.2, -0.15) is 0 Å². The van der Waals surface area contributed by atoms with Gasteiger partial charge in [0, 0.05) is 32.1 Å². The molecule has 2 aliphatic heterocycles. The van der Waals surface area contributed by atoms with Gasteiger partial charge in [-0.25, -0.2) is 0 Å². The van der Waals surface area contributed by atoms with Gasteiger partial charge in [-0.05, 0) is 56.6 Å². The molecule has 0 bridgehead atoms. The number of aromatic nitrogens is 1. The fraction of sp³-hybridized carbons (Fsp3) is 0.647.